The van der Waals surface area contributed by atoms with Gasteiger partial charge in [0, 0.05) is 20.3 Å². The molecule has 26 heavy (non-hydrogen) atoms. The fraction of sp³-hybridized carbons (Fsp3) is 0.579. The number of alkyl carbamates (subject to hydrolysis) is 1. The van der Waals surface area contributed by atoms with Crippen LogP contribution in [-0.4, -0.2) is 50.5 Å². The number of carbonyl (C=O) groups excluding carboxylic acids is 2. The van der Waals surface area contributed by atoms with Crippen LogP contribution in [0.25, 0.3) is 0 Å². The minimum absolute atomic E-state index is 0.0459. The van der Waals surface area contributed by atoms with Gasteiger partial charge in [-0.3, -0.25) is 4.79 Å². The van der Waals surface area contributed by atoms with E-state index in [1.807, 2.05) is 30.3 Å². The van der Waals surface area contributed by atoms with Crippen molar-refractivity contribution >= 4 is 12.0 Å². The predicted octanol–water partition coefficient (Wildman–Crippen LogP) is 2.25. The molecule has 1 aromatic carbocycles. The van der Waals surface area contributed by atoms with E-state index in [1.54, 1.807) is 27.9 Å². The third-order valence-corrected chi connectivity index (χ3v) is 3.23. The molecule has 7 nitrogen and oxygen atoms in total. The zero-order valence-corrected chi connectivity index (χ0v) is 16.0. The molecule has 2 amide bonds. The summed E-state index contributed by atoms with van der Waals surface area (Å²) >= 11 is 0. The van der Waals surface area contributed by atoms with E-state index in [0.29, 0.717) is 26.2 Å². The van der Waals surface area contributed by atoms with E-state index < -0.39 is 17.7 Å². The van der Waals surface area contributed by atoms with Gasteiger partial charge in [0.05, 0.1) is 13.2 Å². The number of ether oxygens (including phenoxy) is 3. The van der Waals surface area contributed by atoms with E-state index in [2.05, 4.69) is 10.6 Å². The van der Waals surface area contributed by atoms with E-state index in [9.17, 15) is 9.59 Å². The van der Waals surface area contributed by atoms with Crippen molar-refractivity contribution in [3.63, 3.8) is 0 Å². The van der Waals surface area contributed by atoms with Crippen molar-refractivity contribution in [1.82, 2.24) is 10.6 Å². The normalized spacial score (nSPS) is 12.3. The molecule has 0 bridgehead atoms. The first-order valence-electron chi connectivity index (χ1n) is 8.69. The van der Waals surface area contributed by atoms with Crippen molar-refractivity contribution in [3.8, 4) is 0 Å². The summed E-state index contributed by atoms with van der Waals surface area (Å²) in [6, 6.07) is 8.78. The van der Waals surface area contributed by atoms with Gasteiger partial charge in [-0.25, -0.2) is 4.79 Å². The second-order valence-corrected chi connectivity index (χ2v) is 6.84. The highest BCUT2D eigenvalue weighted by Gasteiger charge is 2.24. The Kier molecular flexibility index (Phi) is 9.69. The quantitative estimate of drug-likeness (QED) is 0.620. The van der Waals surface area contributed by atoms with Crippen LogP contribution in [0, 0.1) is 0 Å². The molecule has 1 rings (SSSR count). The largest absolute Gasteiger partial charge is 0.444 e. The standard InChI is InChI=1S/C19H30N2O5/c1-19(2,3)26-18(23)21-16(17(22)20-11-8-12-24-4)14-25-13-15-9-6-5-7-10-15/h5-7,9-10,16H,8,11-14H2,1-4H3,(H,20,22)(H,21,23). The number of hydrogen-bond donors (Lipinski definition) is 2. The smallest absolute Gasteiger partial charge is 0.408 e. The molecule has 0 spiro atoms. The first-order valence-corrected chi connectivity index (χ1v) is 8.69. The number of amides is 2. The van der Waals surface area contributed by atoms with Gasteiger partial charge in [0.15, 0.2) is 0 Å². The molecule has 0 saturated heterocycles. The van der Waals surface area contributed by atoms with Gasteiger partial charge in [-0.15, -0.1) is 0 Å². The molecule has 0 aromatic heterocycles. The topological polar surface area (TPSA) is 85.9 Å². The summed E-state index contributed by atoms with van der Waals surface area (Å²) in [7, 11) is 1.60. The lowest BCUT2D eigenvalue weighted by atomic mass is 10.2. The van der Waals surface area contributed by atoms with Gasteiger partial charge in [0.2, 0.25) is 5.91 Å². The zero-order valence-electron chi connectivity index (χ0n) is 16.0. The number of hydrogen-bond acceptors (Lipinski definition) is 5. The number of benzene rings is 1. The van der Waals surface area contributed by atoms with Crippen LogP contribution >= 0.6 is 0 Å². The first-order chi connectivity index (χ1) is 12.3. The van der Waals surface area contributed by atoms with Crippen LogP contribution in [0.4, 0.5) is 4.79 Å². The molecule has 0 fully saturated rings. The number of nitrogens with one attached hydrogen (secondary N) is 2. The van der Waals surface area contributed by atoms with Crippen molar-refractivity contribution in [2.24, 2.45) is 0 Å². The first kappa shape index (κ1) is 21.9. The molecule has 1 atom stereocenters. The molecule has 0 saturated carbocycles. The molecule has 0 radical (unpaired) electrons. The molecule has 7 heteroatoms. The summed E-state index contributed by atoms with van der Waals surface area (Å²) < 4.78 is 15.8. The molecular weight excluding hydrogens is 336 g/mol. The summed E-state index contributed by atoms with van der Waals surface area (Å²) in [5.74, 6) is -0.319. The molecule has 0 aliphatic rings. The summed E-state index contributed by atoms with van der Waals surface area (Å²) in [4.78, 5) is 24.3. The minimum atomic E-state index is -0.837. The Labute approximate surface area is 155 Å². The van der Waals surface area contributed by atoms with Crippen LogP contribution in [0.5, 0.6) is 0 Å². The molecule has 2 N–H and O–H groups in total. The van der Waals surface area contributed by atoms with Gasteiger partial charge in [-0.2, -0.15) is 0 Å². The summed E-state index contributed by atoms with van der Waals surface area (Å²) in [6.07, 6.45) is 0.0320. The highest BCUT2D eigenvalue weighted by Crippen LogP contribution is 2.07. The lowest BCUT2D eigenvalue weighted by Crippen LogP contribution is -2.50. The maximum Gasteiger partial charge on any atom is 0.408 e. The van der Waals surface area contributed by atoms with Crippen LogP contribution in [-0.2, 0) is 25.6 Å². The van der Waals surface area contributed by atoms with Gasteiger partial charge in [-0.1, -0.05) is 30.3 Å². The average Bonchev–Trinajstić information content (AvgIpc) is 2.57. The summed E-state index contributed by atoms with van der Waals surface area (Å²) in [5, 5.41) is 5.34. The summed E-state index contributed by atoms with van der Waals surface area (Å²) in [6.45, 7) is 6.69. The number of rotatable bonds is 10. The summed E-state index contributed by atoms with van der Waals surface area (Å²) in [5.41, 5.74) is 0.345. The van der Waals surface area contributed by atoms with E-state index in [4.69, 9.17) is 14.2 Å². The average molecular weight is 366 g/mol. The Bertz CT molecular complexity index is 543. The Morgan fingerprint density at radius 1 is 1.15 bits per heavy atom. The fourth-order valence-corrected chi connectivity index (χ4v) is 2.05. The SMILES string of the molecule is COCCCNC(=O)C(COCc1ccccc1)NC(=O)OC(C)(C)C. The van der Waals surface area contributed by atoms with Crippen LogP contribution in [0.15, 0.2) is 30.3 Å². The van der Waals surface area contributed by atoms with Gasteiger partial charge in [0.1, 0.15) is 11.6 Å². The maximum absolute atomic E-state index is 12.3. The van der Waals surface area contributed by atoms with Crippen molar-refractivity contribution in [3.05, 3.63) is 35.9 Å². The highest BCUT2D eigenvalue weighted by molar-refractivity contribution is 5.85. The second-order valence-electron chi connectivity index (χ2n) is 6.84. The molecule has 1 aromatic rings. The van der Waals surface area contributed by atoms with Crippen molar-refractivity contribution in [1.29, 1.82) is 0 Å². The van der Waals surface area contributed by atoms with Crippen molar-refractivity contribution < 1.29 is 23.8 Å². The number of methoxy groups -OCH3 is 1. The molecule has 0 heterocycles. The minimum Gasteiger partial charge on any atom is -0.444 e. The van der Waals surface area contributed by atoms with Gasteiger partial charge < -0.3 is 24.8 Å². The van der Waals surface area contributed by atoms with Gasteiger partial charge in [-0.05, 0) is 32.8 Å². The second kappa shape index (κ2) is 11.5. The molecule has 0 aliphatic carbocycles. The van der Waals surface area contributed by atoms with Gasteiger partial charge >= 0.3 is 6.09 Å². The third-order valence-electron chi connectivity index (χ3n) is 3.23. The monoisotopic (exact) mass is 366 g/mol. The van der Waals surface area contributed by atoms with E-state index in [1.165, 1.54) is 0 Å². The van der Waals surface area contributed by atoms with Gasteiger partial charge in [0.25, 0.3) is 0 Å². The molecule has 0 aliphatic heterocycles. The van der Waals surface area contributed by atoms with E-state index >= 15 is 0 Å². The third kappa shape index (κ3) is 10.0. The van der Waals surface area contributed by atoms with Crippen LogP contribution < -0.4 is 10.6 Å². The molecular formula is C19H30N2O5. The Morgan fingerprint density at radius 2 is 1.85 bits per heavy atom. The van der Waals surface area contributed by atoms with Crippen molar-refractivity contribution in [2.45, 2.75) is 45.4 Å². The van der Waals surface area contributed by atoms with Crippen molar-refractivity contribution in [2.75, 3.05) is 26.9 Å². The lowest BCUT2D eigenvalue weighted by Gasteiger charge is -2.23. The van der Waals surface area contributed by atoms with Crippen LogP contribution in [0.1, 0.15) is 32.8 Å². The Balaban J connectivity index is 2.55. The van der Waals surface area contributed by atoms with Crippen LogP contribution in [0.3, 0.4) is 0 Å². The number of carbonyl (C=O) groups is 2. The van der Waals surface area contributed by atoms with E-state index in [-0.39, 0.29) is 12.5 Å². The fourth-order valence-electron chi connectivity index (χ4n) is 2.05. The Hall–Kier alpha value is -2.12. The maximum atomic E-state index is 12.3. The Morgan fingerprint density at radius 3 is 2.46 bits per heavy atom. The molecule has 146 valence electrons. The highest BCUT2D eigenvalue weighted by atomic mass is 16.6. The lowest BCUT2D eigenvalue weighted by molar-refractivity contribution is -0.124. The van der Waals surface area contributed by atoms with Crippen LogP contribution in [0.2, 0.25) is 0 Å². The zero-order chi connectivity index (χ0) is 19.4. The molecule has 1 unspecified atom stereocenters. The van der Waals surface area contributed by atoms with E-state index in [0.717, 1.165) is 5.56 Å². The predicted molar refractivity (Wildman–Crippen MR) is 98.8 cm³/mol.